The maximum Gasteiger partial charge on any atom is 0.156 e. The minimum Gasteiger partial charge on any atom is -0.291 e. The van der Waals surface area contributed by atoms with E-state index in [0.717, 1.165) is 27.9 Å². The van der Waals surface area contributed by atoms with Crippen LogP contribution in [0, 0.1) is 0 Å². The first-order valence-electron chi connectivity index (χ1n) is 20.3. The van der Waals surface area contributed by atoms with Crippen LogP contribution in [0.3, 0.4) is 0 Å². The Morgan fingerprint density at radius 1 is 0.441 bits per heavy atom. The van der Waals surface area contributed by atoms with Crippen LogP contribution >= 0.6 is 11.3 Å². The van der Waals surface area contributed by atoms with Gasteiger partial charge in [0.05, 0.1) is 26.8 Å². The van der Waals surface area contributed by atoms with E-state index in [1.807, 2.05) is 11.3 Å². The van der Waals surface area contributed by atoms with Gasteiger partial charge in [0.15, 0.2) is 5.65 Å². The summed E-state index contributed by atoms with van der Waals surface area (Å²) in [5.41, 5.74) is 15.2. The van der Waals surface area contributed by atoms with E-state index in [1.165, 1.54) is 86.2 Å². The fourth-order valence-electron chi connectivity index (χ4n) is 10.3. The number of rotatable bonds is 4. The van der Waals surface area contributed by atoms with Crippen molar-refractivity contribution in [1.29, 1.82) is 0 Å². The van der Waals surface area contributed by atoms with Crippen LogP contribution in [0.5, 0.6) is 0 Å². The quantitative estimate of drug-likeness (QED) is 0.163. The van der Waals surface area contributed by atoms with Crippen LogP contribution in [-0.2, 0) is 5.41 Å². The number of aromatic nitrogens is 2. The lowest BCUT2D eigenvalue weighted by atomic mass is 9.67. The Hall–Kier alpha value is -7.33. The van der Waals surface area contributed by atoms with E-state index < -0.39 is 5.41 Å². The predicted molar refractivity (Wildman–Crippen MR) is 249 cm³/mol. The summed E-state index contributed by atoms with van der Waals surface area (Å²) >= 11 is 1.84. The molecule has 2 nitrogen and oxygen atoms in total. The van der Waals surface area contributed by atoms with E-state index in [1.54, 1.807) is 0 Å². The molecule has 3 aromatic heterocycles. The Labute approximate surface area is 344 Å². The van der Waals surface area contributed by atoms with Crippen LogP contribution < -0.4 is 0 Å². The lowest BCUT2D eigenvalue weighted by Gasteiger charge is -2.34. The molecule has 0 amide bonds. The Balaban J connectivity index is 1.03. The first-order chi connectivity index (χ1) is 29.2. The van der Waals surface area contributed by atoms with Gasteiger partial charge in [0.1, 0.15) is 0 Å². The number of pyridine rings is 1. The molecule has 0 bridgehead atoms. The maximum absolute atomic E-state index is 5.42. The molecule has 0 fully saturated rings. The summed E-state index contributed by atoms with van der Waals surface area (Å²) in [4.78, 5) is 5.42. The molecule has 13 rings (SSSR count). The van der Waals surface area contributed by atoms with Crippen molar-refractivity contribution < 1.29 is 0 Å². The van der Waals surface area contributed by atoms with E-state index in [4.69, 9.17) is 4.98 Å². The summed E-state index contributed by atoms with van der Waals surface area (Å²) in [7, 11) is 0. The third-order valence-corrected chi connectivity index (χ3v) is 14.0. The fourth-order valence-corrected chi connectivity index (χ4v) is 11.4. The van der Waals surface area contributed by atoms with Gasteiger partial charge in [-0.05, 0) is 108 Å². The summed E-state index contributed by atoms with van der Waals surface area (Å²) in [5, 5.41) is 7.44. The van der Waals surface area contributed by atoms with Crippen molar-refractivity contribution in [3.63, 3.8) is 0 Å². The van der Waals surface area contributed by atoms with Gasteiger partial charge in [-0.15, -0.1) is 11.3 Å². The molecule has 0 N–H and O–H groups in total. The van der Waals surface area contributed by atoms with Gasteiger partial charge >= 0.3 is 0 Å². The molecular weight excluding hydrogens is 733 g/mol. The number of hydrogen-bond donors (Lipinski definition) is 0. The van der Waals surface area contributed by atoms with Crippen molar-refractivity contribution in [3.05, 3.63) is 229 Å². The van der Waals surface area contributed by atoms with Gasteiger partial charge in [-0.25, -0.2) is 4.98 Å². The number of thiophene rings is 1. The molecule has 0 atom stereocenters. The number of nitrogens with zero attached hydrogens (tertiary/aromatic N) is 2. The monoisotopic (exact) mass is 766 g/mol. The third-order valence-electron chi connectivity index (χ3n) is 12.8. The van der Waals surface area contributed by atoms with Crippen molar-refractivity contribution in [2.45, 2.75) is 5.41 Å². The first kappa shape index (κ1) is 32.7. The zero-order valence-electron chi connectivity index (χ0n) is 31.9. The smallest absolute Gasteiger partial charge is 0.156 e. The summed E-state index contributed by atoms with van der Waals surface area (Å²) in [6.07, 6.45) is 0. The molecule has 0 saturated heterocycles. The average molecular weight is 767 g/mol. The molecule has 3 heterocycles. The minimum absolute atomic E-state index is 0.437. The second kappa shape index (κ2) is 12.3. The number of hydrogen-bond acceptors (Lipinski definition) is 2. The van der Waals surface area contributed by atoms with Gasteiger partial charge in [0.2, 0.25) is 0 Å². The highest BCUT2D eigenvalue weighted by molar-refractivity contribution is 7.26. The van der Waals surface area contributed by atoms with Crippen molar-refractivity contribution >= 4 is 69.7 Å². The molecule has 1 aliphatic carbocycles. The van der Waals surface area contributed by atoms with Gasteiger partial charge in [0.25, 0.3) is 0 Å². The summed E-state index contributed by atoms with van der Waals surface area (Å²) in [6, 6.07) is 76.3. The Bertz CT molecular complexity index is 3610. The van der Waals surface area contributed by atoms with Crippen LogP contribution in [0.1, 0.15) is 22.3 Å². The van der Waals surface area contributed by atoms with Gasteiger partial charge in [-0.2, -0.15) is 0 Å². The van der Waals surface area contributed by atoms with Crippen molar-refractivity contribution in [2.24, 2.45) is 0 Å². The highest BCUT2D eigenvalue weighted by atomic mass is 32.1. The van der Waals surface area contributed by atoms with E-state index in [2.05, 4.69) is 211 Å². The molecule has 0 saturated carbocycles. The van der Waals surface area contributed by atoms with Gasteiger partial charge in [-0.3, -0.25) is 4.40 Å². The van der Waals surface area contributed by atoms with Crippen molar-refractivity contribution in [2.75, 3.05) is 0 Å². The van der Waals surface area contributed by atoms with E-state index in [9.17, 15) is 0 Å². The second-order valence-corrected chi connectivity index (χ2v) is 16.9. The van der Waals surface area contributed by atoms with Gasteiger partial charge in [-0.1, -0.05) is 170 Å². The van der Waals surface area contributed by atoms with E-state index in [0.29, 0.717) is 0 Å². The van der Waals surface area contributed by atoms with Crippen LogP contribution in [0.4, 0.5) is 0 Å². The third kappa shape index (κ3) is 4.59. The van der Waals surface area contributed by atoms with Crippen LogP contribution in [0.15, 0.2) is 206 Å². The van der Waals surface area contributed by atoms with Crippen LogP contribution in [0.2, 0.25) is 0 Å². The molecule has 12 aromatic rings. The average Bonchev–Trinajstić information content (AvgIpc) is 3.96. The predicted octanol–water partition coefficient (Wildman–Crippen LogP) is 14.9. The molecule has 0 spiro atoms. The summed E-state index contributed by atoms with van der Waals surface area (Å²) in [6.45, 7) is 0. The normalized spacial score (nSPS) is 13.2. The molecule has 59 heavy (non-hydrogen) atoms. The zero-order valence-corrected chi connectivity index (χ0v) is 32.7. The number of imidazole rings is 1. The zero-order chi connectivity index (χ0) is 38.7. The molecule has 9 aromatic carbocycles. The molecular formula is C56H34N2S. The lowest BCUT2D eigenvalue weighted by molar-refractivity contribution is 0.768. The van der Waals surface area contributed by atoms with Gasteiger partial charge in [0, 0.05) is 15.5 Å². The topological polar surface area (TPSA) is 17.3 Å². The SMILES string of the molecule is c1ccc(C2(c3ccccc3)c3ccccc3-c3c(-c4ccc(-c5cc6c7ccccc7sc6c6nc7cc8cc9ccccc9cc8cc7n56)cc4)cccc32)cc1. The van der Waals surface area contributed by atoms with Crippen LogP contribution in [-0.4, -0.2) is 9.38 Å². The fraction of sp³-hybridized carbons (Fsp3) is 0.0179. The lowest BCUT2D eigenvalue weighted by Crippen LogP contribution is -2.28. The van der Waals surface area contributed by atoms with Crippen LogP contribution in [0.25, 0.3) is 91.9 Å². The van der Waals surface area contributed by atoms with E-state index in [-0.39, 0.29) is 0 Å². The highest BCUT2D eigenvalue weighted by Gasteiger charge is 2.46. The minimum atomic E-state index is -0.437. The molecule has 274 valence electrons. The second-order valence-electron chi connectivity index (χ2n) is 15.9. The Morgan fingerprint density at radius 2 is 1.05 bits per heavy atom. The van der Waals surface area contributed by atoms with E-state index >= 15 is 0 Å². The largest absolute Gasteiger partial charge is 0.291 e. The maximum atomic E-state index is 5.42. The molecule has 1 aliphatic rings. The molecule has 0 aliphatic heterocycles. The summed E-state index contributed by atoms with van der Waals surface area (Å²) in [5.74, 6) is 0. The number of fused-ring (bicyclic) bond motifs is 12. The highest BCUT2D eigenvalue weighted by Crippen LogP contribution is 2.58. The standard InChI is InChI=1S/C56H34N2S/c1-3-16-41(17-4-1)56(42-18-5-2-6-19-42)47-23-11-9-21-45(47)53-43(22-13-24-48(53)56)35-26-28-36(29-27-35)50-34-46-44-20-10-12-25-52(44)59-54(46)55-57-49-32-39-30-37-14-7-8-15-38(37)31-40(39)33-51(49)58(50)55/h1-34H. The van der Waals surface area contributed by atoms with Gasteiger partial charge < -0.3 is 0 Å². The first-order valence-corrected chi connectivity index (χ1v) is 21.1. The van der Waals surface area contributed by atoms with Crippen molar-refractivity contribution in [3.8, 4) is 33.5 Å². The molecule has 0 unspecified atom stereocenters. The Kier molecular flexibility index (Phi) is 6.84. The Morgan fingerprint density at radius 3 is 1.81 bits per heavy atom. The molecule has 3 heteroatoms. The molecule has 0 radical (unpaired) electrons. The summed E-state index contributed by atoms with van der Waals surface area (Å²) < 4.78 is 4.90. The number of benzene rings is 9. The van der Waals surface area contributed by atoms with Crippen molar-refractivity contribution in [1.82, 2.24) is 9.38 Å².